The molecule has 35 heavy (non-hydrogen) atoms. The van der Waals surface area contributed by atoms with Crippen LogP contribution in [0.25, 0.3) is 0 Å². The number of Topliss-reactive ketones (excluding diaryl/α,β-unsaturated/α-hetero) is 1. The Morgan fingerprint density at radius 1 is 1.31 bits per heavy atom. The number of amides is 1. The number of ketones is 1. The van der Waals surface area contributed by atoms with Crippen LogP contribution in [-0.2, 0) is 11.2 Å². The number of aliphatic hydroxyl groups is 3. The quantitative estimate of drug-likeness (QED) is 0.298. The Hall–Kier alpha value is -3.41. The van der Waals surface area contributed by atoms with E-state index >= 15 is 0 Å². The van der Waals surface area contributed by atoms with E-state index in [4.69, 9.17) is 21.6 Å². The molecule has 0 spiro atoms. The summed E-state index contributed by atoms with van der Waals surface area (Å²) in [6.45, 7) is 0.822. The van der Waals surface area contributed by atoms with Crippen molar-refractivity contribution in [3.8, 4) is 11.5 Å². The van der Waals surface area contributed by atoms with Crippen LogP contribution < -0.4 is 21.5 Å². The molecular formula is C24H28N4O7. The number of methoxy groups -OCH3 is 1. The van der Waals surface area contributed by atoms with E-state index in [1.165, 1.54) is 13.2 Å². The molecule has 0 unspecified atom stereocenters. The molecule has 1 aromatic carbocycles. The molecule has 0 bridgehead atoms. The standard InChI is InChI=1S/C24H28N4O7/c1-35-20-9(12-3-2-4-28-12)7-13(29)15-10(20)5-8-6-11-17(25)19(31)16(23(27)33)21(26)24(11,34)22(32)14(8)18(15)30/h7-8,11-12,17,26,28-29,31-32,34H,2-6,25H2,1H3,(H2,27,33)/t8-,11-,12-,17-,24+/m0/s1. The Balaban J connectivity index is 1.69. The Morgan fingerprint density at radius 3 is 2.63 bits per heavy atom. The number of rotatable bonds is 3. The molecule has 186 valence electrons. The summed E-state index contributed by atoms with van der Waals surface area (Å²) in [5.74, 6) is -4.88. The van der Waals surface area contributed by atoms with Crippen LogP contribution in [0.1, 0.15) is 46.8 Å². The second-order valence-electron chi connectivity index (χ2n) is 9.65. The summed E-state index contributed by atoms with van der Waals surface area (Å²) < 4.78 is 5.70. The zero-order valence-electron chi connectivity index (χ0n) is 19.1. The topological polar surface area (TPSA) is 212 Å². The van der Waals surface area contributed by atoms with E-state index in [-0.39, 0.29) is 35.8 Å². The average molecular weight is 485 g/mol. The molecule has 0 saturated carbocycles. The molecule has 5 atom stereocenters. The number of carbonyl (C=O) groups excluding carboxylic acids is 2. The number of hydrogen-bond donors (Lipinski definition) is 8. The van der Waals surface area contributed by atoms with Gasteiger partial charge in [-0.25, -0.2) is 0 Å². The predicted octanol–water partition coefficient (Wildman–Crippen LogP) is 0.401. The van der Waals surface area contributed by atoms with Gasteiger partial charge >= 0.3 is 0 Å². The second kappa shape index (κ2) is 7.80. The summed E-state index contributed by atoms with van der Waals surface area (Å²) in [7, 11) is 1.49. The molecule has 4 aliphatic rings. The van der Waals surface area contributed by atoms with Crippen LogP contribution in [-0.4, -0.2) is 63.1 Å². The molecule has 11 heteroatoms. The molecule has 11 nitrogen and oxygen atoms in total. The molecule has 0 radical (unpaired) electrons. The zero-order valence-corrected chi connectivity index (χ0v) is 19.1. The van der Waals surface area contributed by atoms with Crippen LogP contribution in [0.15, 0.2) is 28.7 Å². The summed E-state index contributed by atoms with van der Waals surface area (Å²) in [5.41, 5.74) is 8.46. The SMILES string of the molecule is COc1c([C@@H]2CCCN2)cc(O)c2c1C[C@H]1C[C@H]3[C@H](N)C(O)=C(C(N)=O)C(=N)[C@@]3(O)C(O)=C1C2=O. The fourth-order valence-corrected chi connectivity index (χ4v) is 6.29. The van der Waals surface area contributed by atoms with Gasteiger partial charge in [0.15, 0.2) is 11.4 Å². The highest BCUT2D eigenvalue weighted by Gasteiger charge is 2.60. The summed E-state index contributed by atoms with van der Waals surface area (Å²) in [6, 6.07) is 0.141. The maximum Gasteiger partial charge on any atom is 0.254 e. The number of primary amides is 1. The molecule has 10 N–H and O–H groups in total. The highest BCUT2D eigenvalue weighted by molar-refractivity contribution is 6.26. The van der Waals surface area contributed by atoms with Crippen LogP contribution in [0.3, 0.4) is 0 Å². The van der Waals surface area contributed by atoms with E-state index in [0.717, 1.165) is 24.9 Å². The van der Waals surface area contributed by atoms with E-state index in [9.17, 15) is 30.0 Å². The van der Waals surface area contributed by atoms with E-state index in [1.54, 1.807) is 0 Å². The summed E-state index contributed by atoms with van der Waals surface area (Å²) in [4.78, 5) is 25.5. The number of carbonyl (C=O) groups is 2. The monoisotopic (exact) mass is 484 g/mol. The average Bonchev–Trinajstić information content (AvgIpc) is 3.34. The minimum absolute atomic E-state index is 0.0243. The number of benzene rings is 1. The van der Waals surface area contributed by atoms with Crippen LogP contribution in [0.4, 0.5) is 0 Å². The van der Waals surface area contributed by atoms with Gasteiger partial charge in [0.25, 0.3) is 5.91 Å². The Labute approximate surface area is 200 Å². The number of allylic oxidation sites excluding steroid dienone is 1. The molecule has 1 heterocycles. The molecular weight excluding hydrogens is 456 g/mol. The number of nitrogens with one attached hydrogen (secondary N) is 2. The van der Waals surface area contributed by atoms with Gasteiger partial charge in [0, 0.05) is 28.7 Å². The molecule has 1 aliphatic heterocycles. The second-order valence-corrected chi connectivity index (χ2v) is 9.65. The molecule has 1 aromatic rings. The van der Waals surface area contributed by atoms with Crippen molar-refractivity contribution < 1.29 is 34.8 Å². The summed E-state index contributed by atoms with van der Waals surface area (Å²) >= 11 is 0. The molecule has 1 saturated heterocycles. The zero-order chi connectivity index (χ0) is 25.4. The van der Waals surface area contributed by atoms with Crippen molar-refractivity contribution in [3.63, 3.8) is 0 Å². The number of aliphatic hydroxyl groups excluding tert-OH is 2. The number of fused-ring (bicyclic) bond motifs is 3. The lowest BCUT2D eigenvalue weighted by Crippen LogP contribution is -2.63. The van der Waals surface area contributed by atoms with E-state index in [1.807, 2.05) is 0 Å². The predicted molar refractivity (Wildman–Crippen MR) is 123 cm³/mol. The Morgan fingerprint density at radius 2 is 2.03 bits per heavy atom. The smallest absolute Gasteiger partial charge is 0.254 e. The van der Waals surface area contributed by atoms with Crippen LogP contribution in [0, 0.1) is 17.2 Å². The molecule has 1 amide bonds. The Bertz CT molecular complexity index is 1250. The lowest BCUT2D eigenvalue weighted by Gasteiger charge is -2.49. The number of hydrogen-bond acceptors (Lipinski definition) is 10. The third kappa shape index (κ3) is 2.98. The summed E-state index contributed by atoms with van der Waals surface area (Å²) in [6.07, 6.45) is 2.02. The molecule has 5 rings (SSSR count). The van der Waals surface area contributed by atoms with Gasteiger partial charge in [-0.3, -0.25) is 9.59 Å². The van der Waals surface area contributed by atoms with Crippen molar-refractivity contribution in [1.82, 2.24) is 5.32 Å². The fraction of sp³-hybridized carbons (Fsp3) is 0.458. The largest absolute Gasteiger partial charge is 0.510 e. The number of ether oxygens (including phenoxy) is 1. The highest BCUT2D eigenvalue weighted by atomic mass is 16.5. The van der Waals surface area contributed by atoms with Crippen molar-refractivity contribution in [3.05, 3.63) is 45.4 Å². The van der Waals surface area contributed by atoms with Crippen LogP contribution >= 0.6 is 0 Å². The molecule has 3 aliphatic carbocycles. The Kier molecular flexibility index (Phi) is 5.20. The fourth-order valence-electron chi connectivity index (χ4n) is 6.29. The highest BCUT2D eigenvalue weighted by Crippen LogP contribution is 2.53. The maximum absolute atomic E-state index is 13.7. The minimum Gasteiger partial charge on any atom is -0.510 e. The van der Waals surface area contributed by atoms with Gasteiger partial charge in [-0.2, -0.15) is 0 Å². The number of phenols is 1. The third-order valence-electron chi connectivity index (χ3n) is 7.93. The number of aromatic hydroxyl groups is 1. The molecule has 0 aromatic heterocycles. The first-order chi connectivity index (χ1) is 16.5. The van der Waals surface area contributed by atoms with Gasteiger partial charge in [-0.15, -0.1) is 0 Å². The van der Waals surface area contributed by atoms with Crippen molar-refractivity contribution in [2.24, 2.45) is 23.3 Å². The van der Waals surface area contributed by atoms with E-state index < -0.39 is 58.0 Å². The minimum atomic E-state index is -2.50. The van der Waals surface area contributed by atoms with Crippen LogP contribution in [0.5, 0.6) is 11.5 Å². The summed E-state index contributed by atoms with van der Waals surface area (Å²) in [5, 5.41) is 55.8. The first-order valence-electron chi connectivity index (χ1n) is 11.5. The number of nitrogens with two attached hydrogens (primary N) is 2. The van der Waals surface area contributed by atoms with Gasteiger partial charge in [-0.05, 0) is 44.2 Å². The lowest BCUT2D eigenvalue weighted by molar-refractivity contribution is -0.114. The van der Waals surface area contributed by atoms with Crippen LogP contribution in [0.2, 0.25) is 0 Å². The molecule has 1 fully saturated rings. The maximum atomic E-state index is 13.7. The van der Waals surface area contributed by atoms with Gasteiger partial charge in [0.2, 0.25) is 0 Å². The third-order valence-corrected chi connectivity index (χ3v) is 7.93. The van der Waals surface area contributed by atoms with Crippen molar-refractivity contribution >= 4 is 17.4 Å². The van der Waals surface area contributed by atoms with Gasteiger partial charge in [0.1, 0.15) is 28.6 Å². The number of phenolic OH excluding ortho intramolecular Hbond substituents is 1. The van der Waals surface area contributed by atoms with Gasteiger partial charge < -0.3 is 47.4 Å². The van der Waals surface area contributed by atoms with E-state index in [2.05, 4.69) is 5.32 Å². The first-order valence-corrected chi connectivity index (χ1v) is 11.5. The van der Waals surface area contributed by atoms with Crippen molar-refractivity contribution in [1.29, 1.82) is 5.41 Å². The lowest BCUT2D eigenvalue weighted by atomic mass is 9.58. The first kappa shape index (κ1) is 23.3. The normalized spacial score (nSPS) is 32.3. The van der Waals surface area contributed by atoms with Crippen molar-refractivity contribution in [2.75, 3.05) is 13.7 Å². The van der Waals surface area contributed by atoms with Crippen molar-refractivity contribution in [2.45, 2.75) is 43.4 Å². The van der Waals surface area contributed by atoms with Gasteiger partial charge in [-0.1, -0.05) is 0 Å². The van der Waals surface area contributed by atoms with E-state index in [0.29, 0.717) is 11.3 Å². The van der Waals surface area contributed by atoms with Gasteiger partial charge in [0.05, 0.1) is 24.4 Å².